The fourth-order valence-electron chi connectivity index (χ4n) is 3.26. The molecule has 1 aliphatic heterocycles. The molecule has 1 atom stereocenters. The summed E-state index contributed by atoms with van der Waals surface area (Å²) in [5.41, 5.74) is 1.06. The molecule has 8 heteroatoms. The molecule has 0 radical (unpaired) electrons. The van der Waals surface area contributed by atoms with Crippen molar-refractivity contribution >= 4 is 11.8 Å². The molecule has 0 bridgehead atoms. The van der Waals surface area contributed by atoms with Crippen LogP contribution in [-0.4, -0.2) is 53.9 Å². The first-order valence-corrected chi connectivity index (χ1v) is 11.1. The summed E-state index contributed by atoms with van der Waals surface area (Å²) >= 11 is 1.93. The van der Waals surface area contributed by atoms with Gasteiger partial charge in [-0.25, -0.2) is 0 Å². The molecule has 1 aliphatic rings. The van der Waals surface area contributed by atoms with Crippen molar-refractivity contribution in [1.29, 1.82) is 0 Å². The highest BCUT2D eigenvalue weighted by atomic mass is 32.2. The van der Waals surface area contributed by atoms with Crippen LogP contribution in [0.25, 0.3) is 0 Å². The molecule has 1 fully saturated rings. The average molecular weight is 441 g/mol. The Balaban J connectivity index is 1.46. The van der Waals surface area contributed by atoms with Gasteiger partial charge in [-0.15, -0.1) is 0 Å². The molecule has 1 heterocycles. The maximum atomic E-state index is 12.6. The highest BCUT2D eigenvalue weighted by Crippen LogP contribution is 2.29. The Morgan fingerprint density at radius 2 is 1.73 bits per heavy atom. The van der Waals surface area contributed by atoms with Gasteiger partial charge in [0, 0.05) is 49.8 Å². The van der Waals surface area contributed by atoms with Gasteiger partial charge in [0.1, 0.15) is 18.5 Å². The van der Waals surface area contributed by atoms with Gasteiger partial charge in [0.15, 0.2) is 0 Å². The van der Waals surface area contributed by atoms with Crippen LogP contribution in [0.15, 0.2) is 48.5 Å². The van der Waals surface area contributed by atoms with Gasteiger partial charge < -0.3 is 15.2 Å². The van der Waals surface area contributed by atoms with Crippen LogP contribution in [0.2, 0.25) is 0 Å². The summed E-state index contributed by atoms with van der Waals surface area (Å²) in [4.78, 5) is 2.25. The molecule has 2 aromatic carbocycles. The maximum absolute atomic E-state index is 12.6. The number of aliphatic hydroxyl groups excluding tert-OH is 1. The van der Waals surface area contributed by atoms with Crippen LogP contribution in [0.4, 0.5) is 13.2 Å². The molecule has 0 aliphatic carbocycles. The minimum absolute atomic E-state index is 0.222. The highest BCUT2D eigenvalue weighted by Gasteiger charge is 2.29. The monoisotopic (exact) mass is 440 g/mol. The SMILES string of the molecule is OC(COc1ccccc1CNCc1ccc(C(F)(F)F)cc1)CN1CCSCC1. The van der Waals surface area contributed by atoms with Crippen molar-refractivity contribution < 1.29 is 23.0 Å². The first-order chi connectivity index (χ1) is 14.4. The Morgan fingerprint density at radius 3 is 2.43 bits per heavy atom. The molecule has 2 N–H and O–H groups in total. The molecule has 0 saturated carbocycles. The second kappa shape index (κ2) is 11.0. The summed E-state index contributed by atoms with van der Waals surface area (Å²) < 4.78 is 43.8. The number of hydrogen-bond donors (Lipinski definition) is 2. The molecule has 2 aromatic rings. The topological polar surface area (TPSA) is 44.7 Å². The number of ether oxygens (including phenoxy) is 1. The summed E-state index contributed by atoms with van der Waals surface area (Å²) in [5.74, 6) is 2.90. The number of β-amino-alcohol motifs (C(OH)–C–C–N with tert-alkyl or cyclic N) is 1. The summed E-state index contributed by atoms with van der Waals surface area (Å²) in [6.45, 7) is 3.77. The molecule has 3 rings (SSSR count). The van der Waals surface area contributed by atoms with Gasteiger partial charge in [-0.05, 0) is 23.8 Å². The molecular formula is C22H27F3N2O2S. The predicted octanol–water partition coefficient (Wildman–Crippen LogP) is 3.78. The first kappa shape index (κ1) is 22.9. The second-order valence-corrected chi connectivity index (χ2v) is 8.51. The number of benzene rings is 2. The number of nitrogens with one attached hydrogen (secondary N) is 1. The number of alkyl halides is 3. The van der Waals surface area contributed by atoms with E-state index in [0.717, 1.165) is 47.9 Å². The van der Waals surface area contributed by atoms with Gasteiger partial charge in [0.25, 0.3) is 0 Å². The molecule has 4 nitrogen and oxygen atoms in total. The van der Waals surface area contributed by atoms with Crippen LogP contribution in [-0.2, 0) is 19.3 Å². The standard InChI is InChI=1S/C22H27F3N2O2S/c23-22(24,25)19-7-5-17(6-8-19)13-26-14-18-3-1-2-4-21(18)29-16-20(28)15-27-9-11-30-12-10-27/h1-8,20,26,28H,9-16H2. The van der Waals surface area contributed by atoms with Crippen molar-refractivity contribution in [2.75, 3.05) is 37.7 Å². The van der Waals surface area contributed by atoms with Crippen molar-refractivity contribution in [3.63, 3.8) is 0 Å². The Bertz CT molecular complexity index is 781. The fourth-order valence-corrected chi connectivity index (χ4v) is 4.24. The summed E-state index contributed by atoms with van der Waals surface area (Å²) in [5, 5.41) is 13.5. The van der Waals surface area contributed by atoms with Crippen molar-refractivity contribution in [1.82, 2.24) is 10.2 Å². The van der Waals surface area contributed by atoms with Gasteiger partial charge >= 0.3 is 6.18 Å². The van der Waals surface area contributed by atoms with Crippen molar-refractivity contribution in [3.05, 3.63) is 65.2 Å². The normalized spacial score (nSPS) is 16.4. The Hall–Kier alpha value is -1.74. The Labute approximate surface area is 179 Å². The van der Waals surface area contributed by atoms with Crippen LogP contribution in [0.3, 0.4) is 0 Å². The Morgan fingerprint density at radius 1 is 1.03 bits per heavy atom. The van der Waals surface area contributed by atoms with E-state index < -0.39 is 17.8 Å². The Kier molecular flexibility index (Phi) is 8.44. The van der Waals surface area contributed by atoms with E-state index in [1.165, 1.54) is 12.1 Å². The molecule has 30 heavy (non-hydrogen) atoms. The summed E-state index contributed by atoms with van der Waals surface area (Å²) in [6.07, 6.45) is -4.87. The van der Waals surface area contributed by atoms with E-state index in [-0.39, 0.29) is 6.61 Å². The third-order valence-electron chi connectivity index (χ3n) is 4.90. The smallest absolute Gasteiger partial charge is 0.416 e. The van der Waals surface area contributed by atoms with Crippen molar-refractivity contribution in [3.8, 4) is 5.75 Å². The van der Waals surface area contributed by atoms with Gasteiger partial charge in [-0.1, -0.05) is 30.3 Å². The van der Waals surface area contributed by atoms with Crippen LogP contribution < -0.4 is 10.1 Å². The lowest BCUT2D eigenvalue weighted by molar-refractivity contribution is -0.137. The number of hydrogen-bond acceptors (Lipinski definition) is 5. The fraction of sp³-hybridized carbons (Fsp3) is 0.455. The van der Waals surface area contributed by atoms with Gasteiger partial charge in [0.05, 0.1) is 5.56 Å². The zero-order valence-electron chi connectivity index (χ0n) is 16.7. The number of para-hydroxylation sites is 1. The summed E-state index contributed by atoms with van der Waals surface area (Å²) in [7, 11) is 0. The van der Waals surface area contributed by atoms with Gasteiger partial charge in [-0.3, -0.25) is 4.90 Å². The lowest BCUT2D eigenvalue weighted by atomic mass is 10.1. The van der Waals surface area contributed by atoms with E-state index in [9.17, 15) is 18.3 Å². The zero-order valence-corrected chi connectivity index (χ0v) is 17.5. The maximum Gasteiger partial charge on any atom is 0.416 e. The molecule has 0 aromatic heterocycles. The van der Waals surface area contributed by atoms with Crippen LogP contribution in [0.1, 0.15) is 16.7 Å². The zero-order chi connectivity index (χ0) is 21.4. The lowest BCUT2D eigenvalue weighted by Crippen LogP contribution is -2.40. The number of halogens is 3. The minimum atomic E-state index is -4.32. The number of aliphatic hydroxyl groups is 1. The molecule has 1 saturated heterocycles. The van der Waals surface area contributed by atoms with Gasteiger partial charge in [-0.2, -0.15) is 24.9 Å². The van der Waals surface area contributed by atoms with Crippen LogP contribution in [0.5, 0.6) is 5.75 Å². The largest absolute Gasteiger partial charge is 0.491 e. The van der Waals surface area contributed by atoms with Crippen LogP contribution >= 0.6 is 11.8 Å². The molecule has 1 unspecified atom stereocenters. The van der Waals surface area contributed by atoms with Gasteiger partial charge in [0.2, 0.25) is 0 Å². The molecule has 0 amide bonds. The first-order valence-electron chi connectivity index (χ1n) is 9.97. The molecule has 0 spiro atoms. The summed E-state index contributed by atoms with van der Waals surface area (Å²) in [6, 6.07) is 12.7. The number of nitrogens with zero attached hydrogens (tertiary/aromatic N) is 1. The quantitative estimate of drug-likeness (QED) is 0.621. The third kappa shape index (κ3) is 7.19. The van der Waals surface area contributed by atoms with E-state index in [4.69, 9.17) is 4.74 Å². The second-order valence-electron chi connectivity index (χ2n) is 7.28. The highest BCUT2D eigenvalue weighted by molar-refractivity contribution is 7.99. The molecular weight excluding hydrogens is 413 g/mol. The van der Waals surface area contributed by atoms with Crippen molar-refractivity contribution in [2.45, 2.75) is 25.4 Å². The van der Waals surface area contributed by atoms with E-state index in [1.54, 1.807) is 0 Å². The average Bonchev–Trinajstić information content (AvgIpc) is 2.73. The van der Waals surface area contributed by atoms with Crippen LogP contribution in [0, 0.1) is 0 Å². The van der Waals surface area contributed by atoms with E-state index >= 15 is 0 Å². The van der Waals surface area contributed by atoms with E-state index in [1.807, 2.05) is 36.0 Å². The third-order valence-corrected chi connectivity index (χ3v) is 5.84. The minimum Gasteiger partial charge on any atom is -0.491 e. The predicted molar refractivity (Wildman–Crippen MR) is 114 cm³/mol. The number of thioether (sulfide) groups is 1. The lowest BCUT2D eigenvalue weighted by Gasteiger charge is -2.28. The van der Waals surface area contributed by atoms with E-state index in [2.05, 4.69) is 10.2 Å². The van der Waals surface area contributed by atoms with E-state index in [0.29, 0.717) is 25.4 Å². The van der Waals surface area contributed by atoms with Crippen molar-refractivity contribution in [2.24, 2.45) is 0 Å². The molecule has 164 valence electrons. The number of rotatable bonds is 9.